The zero-order valence-corrected chi connectivity index (χ0v) is 13.3. The van der Waals surface area contributed by atoms with Gasteiger partial charge in [0, 0.05) is 17.8 Å². The Kier molecular flexibility index (Phi) is 5.56. The van der Waals surface area contributed by atoms with Gasteiger partial charge in [-0.2, -0.15) is 8.78 Å². The zero-order valence-electron chi connectivity index (χ0n) is 13.3. The highest BCUT2D eigenvalue weighted by Gasteiger charge is 2.16. The first kappa shape index (κ1) is 17.5. The number of benzene rings is 1. The van der Waals surface area contributed by atoms with Crippen LogP contribution >= 0.6 is 0 Å². The van der Waals surface area contributed by atoms with Crippen molar-refractivity contribution in [1.29, 1.82) is 0 Å². The molecule has 2 N–H and O–H groups in total. The number of alkyl halides is 2. The molecule has 9 heteroatoms. The second-order valence-corrected chi connectivity index (χ2v) is 4.92. The van der Waals surface area contributed by atoms with Crippen LogP contribution in [0.25, 0.3) is 0 Å². The fourth-order valence-corrected chi connectivity index (χ4v) is 1.93. The molecular weight excluding hydrogens is 324 g/mol. The molecule has 7 nitrogen and oxygen atoms in total. The second kappa shape index (κ2) is 7.62. The molecule has 0 spiro atoms. The Hall–Kier alpha value is -2.84. The molecule has 1 aromatic carbocycles. The lowest BCUT2D eigenvalue weighted by molar-refractivity contribution is -0.116. The number of halogens is 2. The number of aryl methyl sites for hydroxylation is 1. The lowest BCUT2D eigenvalue weighted by atomic mass is 10.2. The second-order valence-electron chi connectivity index (χ2n) is 4.92. The molecule has 2 rings (SSSR count). The number of aromatic nitrogens is 1. The predicted molar refractivity (Wildman–Crippen MR) is 82.6 cm³/mol. The summed E-state index contributed by atoms with van der Waals surface area (Å²) in [4.78, 5) is 12.1. The van der Waals surface area contributed by atoms with E-state index in [2.05, 4.69) is 20.5 Å². The molecule has 0 aliphatic heterocycles. The summed E-state index contributed by atoms with van der Waals surface area (Å²) in [6.45, 7) is 0.331. The van der Waals surface area contributed by atoms with Crippen molar-refractivity contribution in [3.05, 3.63) is 30.0 Å². The first-order valence-corrected chi connectivity index (χ1v) is 7.02. The van der Waals surface area contributed by atoms with Crippen LogP contribution in [0.2, 0.25) is 0 Å². The van der Waals surface area contributed by atoms with Gasteiger partial charge in [-0.15, -0.1) is 0 Å². The maximum atomic E-state index is 12.4. The first-order valence-electron chi connectivity index (χ1n) is 7.02. The van der Waals surface area contributed by atoms with Gasteiger partial charge in [0.05, 0.1) is 7.11 Å². The fraction of sp³-hybridized carbons (Fsp3) is 0.333. The van der Waals surface area contributed by atoms with Crippen LogP contribution in [0, 0.1) is 6.92 Å². The van der Waals surface area contributed by atoms with E-state index in [1.165, 1.54) is 19.2 Å². The Morgan fingerprint density at radius 2 is 2.04 bits per heavy atom. The minimum absolute atomic E-state index is 0.128. The van der Waals surface area contributed by atoms with E-state index >= 15 is 0 Å². The van der Waals surface area contributed by atoms with Crippen LogP contribution in [0.3, 0.4) is 0 Å². The SMILES string of the molecule is COc1ccc(NC(C)C(=O)Nc2cc(C)on2)cc1OC(F)F. The molecule has 24 heavy (non-hydrogen) atoms. The molecule has 0 fully saturated rings. The molecule has 2 aromatic rings. The molecule has 1 heterocycles. The van der Waals surface area contributed by atoms with Crippen LogP contribution in [0.5, 0.6) is 11.5 Å². The van der Waals surface area contributed by atoms with E-state index in [0.29, 0.717) is 17.3 Å². The van der Waals surface area contributed by atoms with Crippen molar-refractivity contribution in [3.8, 4) is 11.5 Å². The van der Waals surface area contributed by atoms with Crippen molar-refractivity contribution >= 4 is 17.4 Å². The number of methoxy groups -OCH3 is 1. The van der Waals surface area contributed by atoms with Crippen LogP contribution in [0.15, 0.2) is 28.8 Å². The number of rotatable bonds is 7. The predicted octanol–water partition coefficient (Wildman–Crippen LogP) is 3.03. The largest absolute Gasteiger partial charge is 0.493 e. The molecule has 0 aliphatic rings. The van der Waals surface area contributed by atoms with E-state index in [0.717, 1.165) is 0 Å². The highest BCUT2D eigenvalue weighted by molar-refractivity contribution is 5.95. The average Bonchev–Trinajstić information content (AvgIpc) is 2.92. The Bertz CT molecular complexity index is 706. The van der Waals surface area contributed by atoms with Crippen LogP contribution in [0.4, 0.5) is 20.3 Å². The number of amides is 1. The molecule has 130 valence electrons. The fourth-order valence-electron chi connectivity index (χ4n) is 1.93. The molecule has 0 aliphatic carbocycles. The molecule has 0 saturated carbocycles. The van der Waals surface area contributed by atoms with Gasteiger partial charge in [-0.3, -0.25) is 4.79 Å². The summed E-state index contributed by atoms with van der Waals surface area (Å²) in [6, 6.07) is 5.30. The van der Waals surface area contributed by atoms with E-state index in [1.807, 2.05) is 0 Å². The summed E-state index contributed by atoms with van der Waals surface area (Å²) in [5, 5.41) is 9.11. The number of carbonyl (C=O) groups excluding carboxylic acids is 1. The van der Waals surface area contributed by atoms with E-state index < -0.39 is 12.7 Å². The molecule has 1 amide bonds. The van der Waals surface area contributed by atoms with Gasteiger partial charge in [-0.25, -0.2) is 0 Å². The van der Waals surface area contributed by atoms with Crippen LogP contribution in [-0.2, 0) is 4.79 Å². The van der Waals surface area contributed by atoms with Gasteiger partial charge < -0.3 is 24.6 Å². The summed E-state index contributed by atoms with van der Waals surface area (Å²) < 4.78 is 39.1. The van der Waals surface area contributed by atoms with Crippen molar-refractivity contribution in [2.75, 3.05) is 17.7 Å². The smallest absolute Gasteiger partial charge is 0.387 e. The Labute approximate surface area is 136 Å². The molecule has 0 bridgehead atoms. The number of ether oxygens (including phenoxy) is 2. The van der Waals surface area contributed by atoms with Crippen molar-refractivity contribution in [2.45, 2.75) is 26.5 Å². The van der Waals surface area contributed by atoms with Crippen LogP contribution in [0.1, 0.15) is 12.7 Å². The minimum atomic E-state index is -2.98. The molecule has 0 radical (unpaired) electrons. The maximum Gasteiger partial charge on any atom is 0.387 e. The van der Waals surface area contributed by atoms with Crippen molar-refractivity contribution in [2.24, 2.45) is 0 Å². The third-order valence-corrected chi connectivity index (χ3v) is 3.04. The quantitative estimate of drug-likeness (QED) is 0.805. The number of anilines is 2. The number of carbonyl (C=O) groups is 1. The van der Waals surface area contributed by atoms with Gasteiger partial charge in [0.25, 0.3) is 0 Å². The molecule has 1 aromatic heterocycles. The summed E-state index contributed by atoms with van der Waals surface area (Å²) in [7, 11) is 1.34. The van der Waals surface area contributed by atoms with E-state index in [1.54, 1.807) is 26.0 Å². The normalized spacial score (nSPS) is 11.9. The summed E-state index contributed by atoms with van der Waals surface area (Å²) in [6.07, 6.45) is 0. The zero-order chi connectivity index (χ0) is 17.7. The van der Waals surface area contributed by atoms with Gasteiger partial charge in [-0.05, 0) is 26.0 Å². The molecular formula is C15H17F2N3O4. The third-order valence-electron chi connectivity index (χ3n) is 3.04. The van der Waals surface area contributed by atoms with Crippen molar-refractivity contribution in [1.82, 2.24) is 5.16 Å². The summed E-state index contributed by atoms with van der Waals surface area (Å²) >= 11 is 0. The number of nitrogens with zero attached hydrogens (tertiary/aromatic N) is 1. The van der Waals surface area contributed by atoms with Gasteiger partial charge >= 0.3 is 6.61 Å². The monoisotopic (exact) mass is 341 g/mol. The Morgan fingerprint density at radius 1 is 1.29 bits per heavy atom. The highest BCUT2D eigenvalue weighted by atomic mass is 19.3. The number of nitrogens with one attached hydrogen (secondary N) is 2. The van der Waals surface area contributed by atoms with E-state index in [-0.39, 0.29) is 17.4 Å². The van der Waals surface area contributed by atoms with Crippen molar-refractivity contribution < 1.29 is 27.6 Å². The standard InChI is InChI=1S/C15H17F2N3O4/c1-8-6-13(20-24-8)19-14(21)9(2)18-10-4-5-11(22-3)12(7-10)23-15(16)17/h4-7,9,15,18H,1-3H3,(H,19,20,21). The van der Waals surface area contributed by atoms with Crippen LogP contribution in [-0.4, -0.2) is 30.8 Å². The molecule has 0 saturated heterocycles. The first-order chi connectivity index (χ1) is 11.4. The van der Waals surface area contributed by atoms with Gasteiger partial charge in [0.15, 0.2) is 17.3 Å². The average molecular weight is 341 g/mol. The van der Waals surface area contributed by atoms with E-state index in [4.69, 9.17) is 9.26 Å². The number of hydrogen-bond acceptors (Lipinski definition) is 6. The highest BCUT2D eigenvalue weighted by Crippen LogP contribution is 2.31. The lowest BCUT2D eigenvalue weighted by Gasteiger charge is -2.16. The minimum Gasteiger partial charge on any atom is -0.493 e. The maximum absolute atomic E-state index is 12.4. The van der Waals surface area contributed by atoms with Gasteiger partial charge in [0.2, 0.25) is 5.91 Å². The van der Waals surface area contributed by atoms with Gasteiger partial charge in [0.1, 0.15) is 11.8 Å². The van der Waals surface area contributed by atoms with Gasteiger partial charge in [-0.1, -0.05) is 5.16 Å². The summed E-state index contributed by atoms with van der Waals surface area (Å²) in [5.74, 6) is 0.529. The summed E-state index contributed by atoms with van der Waals surface area (Å²) in [5.41, 5.74) is 0.422. The molecule has 1 unspecified atom stereocenters. The molecule has 1 atom stereocenters. The lowest BCUT2D eigenvalue weighted by Crippen LogP contribution is -2.32. The third kappa shape index (κ3) is 4.58. The number of hydrogen-bond donors (Lipinski definition) is 2. The Morgan fingerprint density at radius 3 is 2.62 bits per heavy atom. The van der Waals surface area contributed by atoms with Crippen LogP contribution < -0.4 is 20.1 Å². The topological polar surface area (TPSA) is 85.6 Å². The Balaban J connectivity index is 2.04. The van der Waals surface area contributed by atoms with Crippen molar-refractivity contribution in [3.63, 3.8) is 0 Å². The van der Waals surface area contributed by atoms with E-state index in [9.17, 15) is 13.6 Å².